The van der Waals surface area contributed by atoms with Crippen molar-refractivity contribution in [1.29, 1.82) is 0 Å². The number of alkyl halides is 3. The van der Waals surface area contributed by atoms with Crippen LogP contribution in [-0.2, 0) is 27.5 Å². The summed E-state index contributed by atoms with van der Waals surface area (Å²) in [7, 11) is -3.96. The van der Waals surface area contributed by atoms with Crippen molar-refractivity contribution in [1.82, 2.24) is 19.6 Å². The molecule has 1 amide bonds. The zero-order chi connectivity index (χ0) is 30.8. The average Bonchev–Trinajstić information content (AvgIpc) is 3.66. The minimum atomic E-state index is -4.48. The van der Waals surface area contributed by atoms with Crippen molar-refractivity contribution < 1.29 is 26.4 Å². The number of hydrogen-bond acceptors (Lipinski definition) is 7. The second-order valence-electron chi connectivity index (χ2n) is 9.70. The van der Waals surface area contributed by atoms with Gasteiger partial charge in [-0.15, -0.1) is 11.3 Å². The molecule has 43 heavy (non-hydrogen) atoms. The van der Waals surface area contributed by atoms with Crippen LogP contribution in [0.15, 0.2) is 89.4 Å². The van der Waals surface area contributed by atoms with E-state index in [1.165, 1.54) is 30.3 Å². The highest BCUT2D eigenvalue weighted by Crippen LogP contribution is 2.32. The number of anilines is 1. The molecule has 224 valence electrons. The molecule has 4 heterocycles. The fourth-order valence-corrected chi connectivity index (χ4v) is 7.60. The van der Waals surface area contributed by atoms with Crippen molar-refractivity contribution >= 4 is 44.7 Å². The van der Waals surface area contributed by atoms with E-state index in [-0.39, 0.29) is 23.3 Å². The maximum Gasteiger partial charge on any atom is 0.416 e. The van der Waals surface area contributed by atoms with Crippen molar-refractivity contribution in [3.8, 4) is 11.3 Å². The van der Waals surface area contributed by atoms with E-state index < -0.39 is 33.7 Å². The van der Waals surface area contributed by atoms with Gasteiger partial charge in [-0.05, 0) is 60.5 Å². The lowest BCUT2D eigenvalue weighted by Crippen LogP contribution is -2.45. The number of rotatable bonds is 9. The highest BCUT2D eigenvalue weighted by atomic mass is 35.5. The van der Waals surface area contributed by atoms with Gasteiger partial charge in [-0.2, -0.15) is 17.5 Å². The molecular weight excluding hydrogens is 623 g/mol. The van der Waals surface area contributed by atoms with Crippen molar-refractivity contribution in [3.05, 3.63) is 106 Å². The van der Waals surface area contributed by atoms with Gasteiger partial charge in [-0.25, -0.2) is 13.4 Å². The maximum absolute atomic E-state index is 13.2. The Hall–Kier alpha value is -3.78. The molecule has 2 unspecified atom stereocenters. The summed E-state index contributed by atoms with van der Waals surface area (Å²) in [5.41, 5.74) is 1.54. The molecule has 2 atom stereocenters. The Kier molecular flexibility index (Phi) is 8.88. The quantitative estimate of drug-likeness (QED) is 0.207. The van der Waals surface area contributed by atoms with Crippen LogP contribution >= 0.6 is 22.9 Å². The van der Waals surface area contributed by atoms with E-state index in [0.29, 0.717) is 27.0 Å². The molecule has 0 fully saturated rings. The molecular formula is C29H25ClF3N5O3S2. The topological polar surface area (TPSA) is 104 Å². The predicted octanol–water partition coefficient (Wildman–Crippen LogP) is 6.30. The number of nitrogens with one attached hydrogen (secondary N) is 2. The molecule has 8 nitrogen and oxygen atoms in total. The van der Waals surface area contributed by atoms with E-state index in [0.717, 1.165) is 33.3 Å². The Bertz CT molecular complexity index is 1750. The minimum absolute atomic E-state index is 0.00794. The van der Waals surface area contributed by atoms with Gasteiger partial charge in [0.2, 0.25) is 5.91 Å². The molecule has 0 saturated heterocycles. The van der Waals surface area contributed by atoms with Crippen LogP contribution in [0.25, 0.3) is 11.3 Å². The second-order valence-corrected chi connectivity index (χ2v) is 13.5. The van der Waals surface area contributed by atoms with Crippen molar-refractivity contribution in [2.75, 3.05) is 11.9 Å². The third-order valence-corrected chi connectivity index (χ3v) is 10.2. The molecule has 0 bridgehead atoms. The van der Waals surface area contributed by atoms with Gasteiger partial charge in [-0.1, -0.05) is 42.0 Å². The smallest absolute Gasteiger partial charge is 0.363 e. The van der Waals surface area contributed by atoms with E-state index in [4.69, 9.17) is 11.6 Å². The third kappa shape index (κ3) is 7.07. The summed E-state index contributed by atoms with van der Waals surface area (Å²) >= 11 is 6.84. The lowest BCUT2D eigenvalue weighted by Gasteiger charge is -2.22. The zero-order valence-electron chi connectivity index (χ0n) is 22.5. The molecule has 0 aliphatic carbocycles. The van der Waals surface area contributed by atoms with Crippen LogP contribution < -0.4 is 10.6 Å². The van der Waals surface area contributed by atoms with E-state index in [1.807, 2.05) is 13.0 Å². The summed E-state index contributed by atoms with van der Waals surface area (Å²) in [6.45, 7) is 1.95. The van der Waals surface area contributed by atoms with Crippen LogP contribution in [0.2, 0.25) is 4.34 Å². The van der Waals surface area contributed by atoms with E-state index >= 15 is 0 Å². The first-order valence-electron chi connectivity index (χ1n) is 13.0. The number of carbonyl (C=O) groups is 1. The summed E-state index contributed by atoms with van der Waals surface area (Å²) < 4.78 is 67.2. The average molecular weight is 648 g/mol. The van der Waals surface area contributed by atoms with Crippen molar-refractivity contribution in [3.63, 3.8) is 0 Å². The number of halogens is 4. The van der Waals surface area contributed by atoms with Gasteiger partial charge in [0.05, 0.1) is 21.6 Å². The summed E-state index contributed by atoms with van der Waals surface area (Å²) in [5.74, 6) is -0.108. The number of aromatic nitrogens is 2. The number of carbonyl (C=O) groups excluding carboxylic acids is 1. The lowest BCUT2D eigenvalue weighted by molar-refractivity contribution is -0.137. The standard InChI is InChI=1S/C29H25ClF3N5O3S2/c1-18(21-4-2-12-34-17-21)36-26-15-19(14-23(37-26)20-6-8-22(9-7-20)29(31,32)33)16-35-28(39)24-5-3-13-38(24)43(40,41)27-11-10-25(30)42-27/h2-12,14-15,17-18,24H,13,16H2,1H3,(H,35,39)(H,36,37). The summed E-state index contributed by atoms with van der Waals surface area (Å²) in [5, 5.41) is 6.07. The third-order valence-electron chi connectivity index (χ3n) is 6.70. The van der Waals surface area contributed by atoms with Crippen molar-refractivity contribution in [2.45, 2.75) is 35.9 Å². The van der Waals surface area contributed by atoms with Crippen LogP contribution in [0.5, 0.6) is 0 Å². The molecule has 0 radical (unpaired) electrons. The van der Waals surface area contributed by atoms with Gasteiger partial charge in [0.1, 0.15) is 16.1 Å². The lowest BCUT2D eigenvalue weighted by atomic mass is 10.1. The van der Waals surface area contributed by atoms with E-state index in [9.17, 15) is 26.4 Å². The summed E-state index contributed by atoms with van der Waals surface area (Å²) in [4.78, 5) is 22.0. The molecule has 0 spiro atoms. The largest absolute Gasteiger partial charge is 0.416 e. The maximum atomic E-state index is 13.2. The summed E-state index contributed by atoms with van der Waals surface area (Å²) in [6.07, 6.45) is 2.01. The molecule has 5 rings (SSSR count). The Morgan fingerprint density at radius 3 is 2.58 bits per heavy atom. The number of benzene rings is 1. The van der Waals surface area contributed by atoms with Gasteiger partial charge >= 0.3 is 6.18 Å². The first-order valence-corrected chi connectivity index (χ1v) is 15.6. The van der Waals surface area contributed by atoms with Crippen LogP contribution in [0.3, 0.4) is 0 Å². The van der Waals surface area contributed by atoms with Gasteiger partial charge in [0, 0.05) is 31.0 Å². The molecule has 3 aromatic heterocycles. The Morgan fingerprint density at radius 2 is 1.93 bits per heavy atom. The number of sulfonamides is 1. The van der Waals surface area contributed by atoms with Gasteiger partial charge in [0.15, 0.2) is 0 Å². The van der Waals surface area contributed by atoms with Crippen LogP contribution in [0, 0.1) is 0 Å². The SMILES string of the molecule is CC(Nc1cc(CNC(=O)C2C=CCN2S(=O)(=O)c2ccc(Cl)s2)cc(-c2ccc(C(F)(F)F)cc2)n1)c1cccnc1. The number of amides is 1. The first-order chi connectivity index (χ1) is 20.4. The zero-order valence-corrected chi connectivity index (χ0v) is 24.9. The summed E-state index contributed by atoms with van der Waals surface area (Å²) in [6, 6.07) is 13.3. The highest BCUT2D eigenvalue weighted by molar-refractivity contribution is 7.91. The molecule has 0 saturated carbocycles. The minimum Gasteiger partial charge on any atom is -0.363 e. The Balaban J connectivity index is 1.38. The normalized spacial score (nSPS) is 16.3. The molecule has 1 aliphatic heterocycles. The molecule has 14 heteroatoms. The second kappa shape index (κ2) is 12.4. The fraction of sp³-hybridized carbons (Fsp3) is 0.207. The Labute approximate surface area is 255 Å². The van der Waals surface area contributed by atoms with Crippen LogP contribution in [0.4, 0.5) is 19.0 Å². The molecule has 1 aromatic carbocycles. The number of hydrogen-bond donors (Lipinski definition) is 2. The fourth-order valence-electron chi connectivity index (χ4n) is 4.49. The number of pyridine rings is 2. The predicted molar refractivity (Wildman–Crippen MR) is 159 cm³/mol. The molecule has 1 aliphatic rings. The van der Waals surface area contributed by atoms with Gasteiger partial charge in [0.25, 0.3) is 10.0 Å². The van der Waals surface area contributed by atoms with Crippen molar-refractivity contribution in [2.24, 2.45) is 0 Å². The molecule has 4 aromatic rings. The number of nitrogens with zero attached hydrogens (tertiary/aromatic N) is 3. The number of thiophene rings is 1. The van der Waals surface area contributed by atoms with Crippen LogP contribution in [-0.4, -0.2) is 41.2 Å². The van der Waals surface area contributed by atoms with Gasteiger partial charge < -0.3 is 10.6 Å². The molecule has 2 N–H and O–H groups in total. The van der Waals surface area contributed by atoms with Gasteiger partial charge in [-0.3, -0.25) is 9.78 Å². The monoisotopic (exact) mass is 647 g/mol. The van der Waals surface area contributed by atoms with Crippen LogP contribution in [0.1, 0.15) is 29.7 Å². The van der Waals surface area contributed by atoms with E-state index in [1.54, 1.807) is 36.7 Å². The first kappa shape index (κ1) is 30.7. The highest BCUT2D eigenvalue weighted by Gasteiger charge is 2.37. The Morgan fingerprint density at radius 1 is 1.16 bits per heavy atom. The van der Waals surface area contributed by atoms with E-state index in [2.05, 4.69) is 20.6 Å².